The van der Waals surface area contributed by atoms with Crippen LogP contribution in [0.3, 0.4) is 0 Å². The third kappa shape index (κ3) is 14.9. The highest BCUT2D eigenvalue weighted by atomic mass is 31.2. The van der Waals surface area contributed by atoms with E-state index in [9.17, 15) is 14.7 Å². The molecular weight excluding hydrogens is 427 g/mol. The standard InChI is InChI=1S/C24H41N2O5P/c1-5-6-7-9-15-30-21-12-11-13-22(18-21)31-16-10-8-14-25-24(29)26-20(17-23(27)28)19-32(2,3)4/h11-13,18,20H,5-10,14-17,19H2,1-4H3,(H2-,25,26,27,28,29)/t20-/m0/s1. The van der Waals surface area contributed by atoms with Crippen molar-refractivity contribution in [3.8, 4) is 11.5 Å². The van der Waals surface area contributed by atoms with E-state index in [-0.39, 0.29) is 12.5 Å². The van der Waals surface area contributed by atoms with Gasteiger partial charge in [0.05, 0.1) is 25.4 Å². The summed E-state index contributed by atoms with van der Waals surface area (Å²) in [5, 5.41) is 16.5. The zero-order valence-electron chi connectivity index (χ0n) is 20.2. The lowest BCUT2D eigenvalue weighted by molar-refractivity contribution is -0.306. The number of carbonyl (C=O) groups is 2. The summed E-state index contributed by atoms with van der Waals surface area (Å²) < 4.78 is 11.6. The van der Waals surface area contributed by atoms with E-state index in [0.29, 0.717) is 19.3 Å². The molecule has 0 saturated heterocycles. The van der Waals surface area contributed by atoms with Crippen LogP contribution in [0.25, 0.3) is 0 Å². The summed E-state index contributed by atoms with van der Waals surface area (Å²) in [5.41, 5.74) is 0. The van der Waals surface area contributed by atoms with E-state index in [4.69, 9.17) is 9.47 Å². The van der Waals surface area contributed by atoms with Gasteiger partial charge in [0.2, 0.25) is 0 Å². The molecule has 182 valence electrons. The van der Waals surface area contributed by atoms with Gasteiger partial charge in [-0.3, -0.25) is 0 Å². The Morgan fingerprint density at radius 2 is 1.62 bits per heavy atom. The van der Waals surface area contributed by atoms with Crippen molar-refractivity contribution in [2.45, 2.75) is 57.9 Å². The van der Waals surface area contributed by atoms with Crippen LogP contribution in [0.5, 0.6) is 11.5 Å². The van der Waals surface area contributed by atoms with Crippen molar-refractivity contribution in [3.63, 3.8) is 0 Å². The van der Waals surface area contributed by atoms with E-state index in [1.54, 1.807) is 0 Å². The van der Waals surface area contributed by atoms with Crippen molar-refractivity contribution >= 4 is 19.3 Å². The number of carbonyl (C=O) groups excluding carboxylic acids is 2. The first-order valence-electron chi connectivity index (χ1n) is 11.6. The zero-order chi connectivity index (χ0) is 23.8. The highest BCUT2D eigenvalue weighted by Gasteiger charge is 2.25. The minimum atomic E-state index is -1.23. The summed E-state index contributed by atoms with van der Waals surface area (Å²) in [5.74, 6) is 0.449. The molecule has 7 nitrogen and oxygen atoms in total. The minimum absolute atomic E-state index is 0.167. The Balaban J connectivity index is 2.22. The Morgan fingerprint density at radius 1 is 1.00 bits per heavy atom. The van der Waals surface area contributed by atoms with E-state index in [1.807, 2.05) is 24.3 Å². The summed E-state index contributed by atoms with van der Waals surface area (Å²) in [4.78, 5) is 23.0. The summed E-state index contributed by atoms with van der Waals surface area (Å²) in [6.07, 6.45) is 6.76. The van der Waals surface area contributed by atoms with E-state index in [1.165, 1.54) is 19.3 Å². The normalized spacial score (nSPS) is 12.1. The number of rotatable bonds is 17. The number of carboxylic acids is 1. The van der Waals surface area contributed by atoms with Crippen molar-refractivity contribution in [1.29, 1.82) is 0 Å². The van der Waals surface area contributed by atoms with Gasteiger partial charge in [0.15, 0.2) is 0 Å². The van der Waals surface area contributed by atoms with Crippen molar-refractivity contribution < 1.29 is 24.2 Å². The smallest absolute Gasteiger partial charge is 0.315 e. The van der Waals surface area contributed by atoms with Crippen LogP contribution in [0.1, 0.15) is 51.9 Å². The number of urea groups is 1. The second-order valence-electron chi connectivity index (χ2n) is 9.09. The first-order valence-corrected chi connectivity index (χ1v) is 14.9. The number of carboxylic acid groups (broad SMARTS) is 1. The van der Waals surface area contributed by atoms with Gasteiger partial charge in [-0.1, -0.05) is 32.3 Å². The summed E-state index contributed by atoms with van der Waals surface area (Å²) in [6.45, 7) is 10.3. The van der Waals surface area contributed by atoms with E-state index in [0.717, 1.165) is 37.4 Å². The first-order chi connectivity index (χ1) is 15.2. The summed E-state index contributed by atoms with van der Waals surface area (Å²) in [6, 6.07) is 6.93. The molecule has 8 heteroatoms. The number of nitrogens with one attached hydrogen (secondary N) is 2. The van der Waals surface area contributed by atoms with Crippen molar-refractivity contribution in [1.82, 2.24) is 10.6 Å². The molecule has 1 rings (SSSR count). The van der Waals surface area contributed by atoms with Gasteiger partial charge in [-0.2, -0.15) is 0 Å². The summed E-state index contributed by atoms with van der Waals surface area (Å²) in [7, 11) is -1.23. The second kappa shape index (κ2) is 15.7. The van der Waals surface area contributed by atoms with Crippen LogP contribution < -0.4 is 25.2 Å². The molecule has 0 spiro atoms. The maximum Gasteiger partial charge on any atom is 0.315 e. The predicted molar refractivity (Wildman–Crippen MR) is 130 cm³/mol. The molecule has 0 unspecified atom stereocenters. The number of ether oxygens (including phenoxy) is 2. The average molecular weight is 469 g/mol. The molecule has 0 aliphatic rings. The fourth-order valence-electron chi connectivity index (χ4n) is 3.25. The summed E-state index contributed by atoms with van der Waals surface area (Å²) >= 11 is 0. The molecule has 2 amide bonds. The number of amides is 2. The van der Waals surface area contributed by atoms with Gasteiger partial charge in [-0.25, -0.2) is 4.79 Å². The first kappa shape index (κ1) is 28.0. The largest absolute Gasteiger partial charge is 0.550 e. The van der Waals surface area contributed by atoms with Gasteiger partial charge < -0.3 is 30.0 Å². The molecule has 2 N–H and O–H groups in total. The molecule has 32 heavy (non-hydrogen) atoms. The van der Waals surface area contributed by atoms with Crippen LogP contribution in [-0.2, 0) is 4.79 Å². The van der Waals surface area contributed by atoms with E-state index in [2.05, 4.69) is 37.6 Å². The lowest BCUT2D eigenvalue weighted by Gasteiger charge is -2.23. The van der Waals surface area contributed by atoms with Crippen LogP contribution in [0.2, 0.25) is 0 Å². The van der Waals surface area contributed by atoms with E-state index < -0.39 is 19.3 Å². The third-order valence-electron chi connectivity index (χ3n) is 4.71. The van der Waals surface area contributed by atoms with Crippen LogP contribution in [0.4, 0.5) is 4.79 Å². The molecule has 0 radical (unpaired) electrons. The third-order valence-corrected chi connectivity index (χ3v) is 6.25. The van der Waals surface area contributed by atoms with E-state index >= 15 is 0 Å². The Morgan fingerprint density at radius 3 is 2.19 bits per heavy atom. The lowest BCUT2D eigenvalue weighted by atomic mass is 10.2. The second-order valence-corrected chi connectivity index (χ2v) is 14.0. The Kier molecular flexibility index (Phi) is 13.8. The predicted octanol–water partition coefficient (Wildman–Crippen LogP) is 3.52. The monoisotopic (exact) mass is 468 g/mol. The SMILES string of the molecule is CCCCCCOc1cccc(OCCCCNC(=O)N[C@@H](CC(=O)[O-])C[P+](C)(C)C)c1. The molecular formula is C24H41N2O5P. The van der Waals surface area contributed by atoms with Crippen LogP contribution >= 0.6 is 7.26 Å². The molecule has 1 aromatic rings. The molecule has 1 atom stereocenters. The highest BCUT2D eigenvalue weighted by molar-refractivity contribution is 7.73. The van der Waals surface area contributed by atoms with Gasteiger partial charge in [0.1, 0.15) is 11.5 Å². The molecule has 0 fully saturated rings. The zero-order valence-corrected chi connectivity index (χ0v) is 21.0. The van der Waals surface area contributed by atoms with Gasteiger partial charge in [0.25, 0.3) is 0 Å². The number of unbranched alkanes of at least 4 members (excludes halogenated alkanes) is 4. The lowest BCUT2D eigenvalue weighted by Crippen LogP contribution is -2.46. The molecule has 0 saturated carbocycles. The van der Waals surface area contributed by atoms with Crippen LogP contribution in [0, 0.1) is 0 Å². The molecule has 0 aliphatic heterocycles. The van der Waals surface area contributed by atoms with Gasteiger partial charge in [-0.15, -0.1) is 0 Å². The highest BCUT2D eigenvalue weighted by Crippen LogP contribution is 2.47. The minimum Gasteiger partial charge on any atom is -0.550 e. The Bertz CT molecular complexity index is 679. The van der Waals surface area contributed by atoms with Crippen LogP contribution in [-0.4, -0.2) is 64.0 Å². The molecule has 1 aromatic carbocycles. The number of hydrogen-bond acceptors (Lipinski definition) is 5. The van der Waals surface area contributed by atoms with Gasteiger partial charge >= 0.3 is 6.03 Å². The quantitative estimate of drug-likeness (QED) is 0.269. The fraction of sp³-hybridized carbons (Fsp3) is 0.667. The topological polar surface area (TPSA) is 99.7 Å². The molecule has 0 bridgehead atoms. The number of aliphatic carboxylic acids is 1. The molecule has 0 aliphatic carbocycles. The molecule has 0 aromatic heterocycles. The van der Waals surface area contributed by atoms with Gasteiger partial charge in [0, 0.05) is 52.3 Å². The molecule has 0 heterocycles. The van der Waals surface area contributed by atoms with Gasteiger partial charge in [-0.05, 0) is 31.4 Å². The average Bonchev–Trinajstić information content (AvgIpc) is 2.69. The van der Waals surface area contributed by atoms with Crippen LogP contribution in [0.15, 0.2) is 24.3 Å². The van der Waals surface area contributed by atoms with Crippen molar-refractivity contribution in [3.05, 3.63) is 24.3 Å². The Labute approximate surface area is 194 Å². The van der Waals surface area contributed by atoms with Crippen molar-refractivity contribution in [2.24, 2.45) is 0 Å². The Hall–Kier alpha value is -2.01. The maximum absolute atomic E-state index is 12.1. The fourth-order valence-corrected chi connectivity index (χ4v) is 4.79. The van der Waals surface area contributed by atoms with Crippen molar-refractivity contribution in [2.75, 3.05) is 45.9 Å². The number of hydrogen-bond donors (Lipinski definition) is 2. The number of benzene rings is 1. The maximum atomic E-state index is 12.1.